The summed E-state index contributed by atoms with van der Waals surface area (Å²) in [5.41, 5.74) is 16.0. The summed E-state index contributed by atoms with van der Waals surface area (Å²) in [6, 6.07) is 22.4. The van der Waals surface area contributed by atoms with Gasteiger partial charge in [0, 0.05) is 59.4 Å². The van der Waals surface area contributed by atoms with Gasteiger partial charge in [-0.3, -0.25) is 19.3 Å². The first-order valence-electron chi connectivity index (χ1n) is 22.7. The third-order valence-corrected chi connectivity index (χ3v) is 13.2. The fourth-order valence-corrected chi connectivity index (χ4v) is 9.34. The van der Waals surface area contributed by atoms with Crippen molar-refractivity contribution in [1.29, 1.82) is 0 Å². The number of nitrogens with one attached hydrogen (secondary N) is 3. The highest BCUT2D eigenvalue weighted by Gasteiger charge is 2.40. The molecule has 2 aromatic carbocycles. The molecule has 2 atom stereocenters. The van der Waals surface area contributed by atoms with Crippen molar-refractivity contribution >= 4 is 51.0 Å². The molecule has 4 aliphatic rings. The summed E-state index contributed by atoms with van der Waals surface area (Å²) in [6.07, 6.45) is 2.99. The first-order valence-corrected chi connectivity index (χ1v) is 22.7. The average Bonchev–Trinajstić information content (AvgIpc) is 3.96. The number of carbonyl (C=O) groups excluding carboxylic acids is 3. The number of aromatic amines is 2. The normalized spacial score (nSPS) is 16.3. The van der Waals surface area contributed by atoms with Crippen molar-refractivity contribution in [3.8, 4) is 11.8 Å². The van der Waals surface area contributed by atoms with Gasteiger partial charge in [-0.25, -0.2) is 9.97 Å². The lowest BCUT2D eigenvalue weighted by Gasteiger charge is -2.27. The van der Waals surface area contributed by atoms with Gasteiger partial charge in [-0.2, -0.15) is 0 Å². The van der Waals surface area contributed by atoms with E-state index in [1.807, 2.05) is 69.3 Å². The SMILES string of the molecule is CC#Cc1cccc(COCC2=C(C)c3cc4[nH]c(c5c6[nH]c(cc7nc(cc2n3)C(C)=C7CC)c(C)c6C(=O)N(CCCC)C5=O)[C@@H](CCC(=O)NCc2ccc(C)cc2)C4C)c1. The zero-order chi connectivity index (χ0) is 45.2. The number of H-pyrrole nitrogens is 2. The smallest absolute Gasteiger partial charge is 0.264 e. The number of hydrogen-bond acceptors (Lipinski definition) is 6. The molecule has 8 rings (SSSR count). The molecule has 0 saturated carbocycles. The Bertz CT molecular complexity index is 2880. The van der Waals surface area contributed by atoms with Crippen LogP contribution < -0.4 is 5.32 Å². The molecule has 0 aliphatic carbocycles. The largest absolute Gasteiger partial charge is 0.372 e. The lowest BCUT2D eigenvalue weighted by atomic mass is 9.84. The average molecular weight is 855 g/mol. The lowest BCUT2D eigenvalue weighted by Crippen LogP contribution is -2.41. The molecule has 2 aromatic heterocycles. The van der Waals surface area contributed by atoms with E-state index < -0.39 is 0 Å². The Balaban J connectivity index is 1.29. The number of aromatic nitrogens is 4. The number of nitrogens with zero attached hydrogens (tertiary/aromatic N) is 3. The second-order valence-electron chi connectivity index (χ2n) is 17.4. The van der Waals surface area contributed by atoms with E-state index in [4.69, 9.17) is 14.7 Å². The van der Waals surface area contributed by atoms with Gasteiger partial charge in [0.25, 0.3) is 11.8 Å². The molecule has 1 unspecified atom stereocenters. The molecule has 0 fully saturated rings. The molecule has 64 heavy (non-hydrogen) atoms. The van der Waals surface area contributed by atoms with Gasteiger partial charge in [-0.1, -0.05) is 75.1 Å². The number of ether oxygens (including phenoxy) is 1. The van der Waals surface area contributed by atoms with Crippen LogP contribution in [0.4, 0.5) is 0 Å². The van der Waals surface area contributed by atoms with Crippen LogP contribution in [0.5, 0.6) is 0 Å². The summed E-state index contributed by atoms with van der Waals surface area (Å²) in [4.78, 5) is 62.1. The lowest BCUT2D eigenvalue weighted by molar-refractivity contribution is -0.121. The summed E-state index contributed by atoms with van der Waals surface area (Å²) >= 11 is 0. The number of hydrogen-bond donors (Lipinski definition) is 3. The molecule has 3 amide bonds. The van der Waals surface area contributed by atoms with Gasteiger partial charge < -0.3 is 20.0 Å². The van der Waals surface area contributed by atoms with E-state index in [2.05, 4.69) is 79.9 Å². The summed E-state index contributed by atoms with van der Waals surface area (Å²) < 4.78 is 6.43. The summed E-state index contributed by atoms with van der Waals surface area (Å²) in [5, 5.41) is 3.11. The van der Waals surface area contributed by atoms with Crippen LogP contribution in [0.2, 0.25) is 0 Å². The number of amides is 3. The molecule has 8 bridgehead atoms. The van der Waals surface area contributed by atoms with Crippen LogP contribution >= 0.6 is 0 Å². The second-order valence-corrected chi connectivity index (χ2v) is 17.4. The Hall–Kier alpha value is -6.57. The molecular formula is C54H58N6O4. The number of unbranched alkanes of at least 4 members (excludes halogenated alkanes) is 1. The minimum absolute atomic E-state index is 0.0669. The number of fused-ring (bicyclic) bond motifs is 8. The van der Waals surface area contributed by atoms with Crippen LogP contribution in [0.25, 0.3) is 33.3 Å². The van der Waals surface area contributed by atoms with E-state index in [1.165, 1.54) is 4.90 Å². The summed E-state index contributed by atoms with van der Waals surface area (Å²) in [5.74, 6) is 5.04. The number of allylic oxidation sites excluding steroid dienone is 3. The van der Waals surface area contributed by atoms with Crippen LogP contribution in [0, 0.1) is 25.7 Å². The first-order chi connectivity index (χ1) is 30.9. The van der Waals surface area contributed by atoms with E-state index in [9.17, 15) is 14.4 Å². The van der Waals surface area contributed by atoms with Gasteiger partial charge in [-0.15, -0.1) is 5.92 Å². The summed E-state index contributed by atoms with van der Waals surface area (Å²) in [6.45, 7) is 17.8. The van der Waals surface area contributed by atoms with Crippen LogP contribution in [0.15, 0.2) is 66.7 Å². The van der Waals surface area contributed by atoms with Crippen LogP contribution in [-0.4, -0.2) is 55.7 Å². The van der Waals surface area contributed by atoms with Gasteiger partial charge in [0.05, 0.1) is 52.6 Å². The van der Waals surface area contributed by atoms with Crippen molar-refractivity contribution in [3.05, 3.63) is 140 Å². The minimum Gasteiger partial charge on any atom is -0.372 e. The van der Waals surface area contributed by atoms with Crippen molar-refractivity contribution in [2.75, 3.05) is 13.2 Å². The Morgan fingerprint density at radius 2 is 1.55 bits per heavy atom. The highest BCUT2D eigenvalue weighted by molar-refractivity contribution is 6.23. The third kappa shape index (κ3) is 8.57. The van der Waals surface area contributed by atoms with Crippen LogP contribution in [-0.2, 0) is 22.7 Å². The van der Waals surface area contributed by atoms with E-state index in [0.29, 0.717) is 61.5 Å². The van der Waals surface area contributed by atoms with Gasteiger partial charge in [-0.05, 0) is 118 Å². The third-order valence-electron chi connectivity index (χ3n) is 13.2. The van der Waals surface area contributed by atoms with Crippen LogP contribution in [0.3, 0.4) is 0 Å². The molecule has 0 radical (unpaired) electrons. The van der Waals surface area contributed by atoms with Crippen molar-refractivity contribution in [2.24, 2.45) is 0 Å². The van der Waals surface area contributed by atoms with Gasteiger partial charge in [0.1, 0.15) is 0 Å². The number of rotatable bonds is 13. The number of aryl methyl sites for hydroxylation is 2. The molecule has 10 nitrogen and oxygen atoms in total. The highest BCUT2D eigenvalue weighted by atomic mass is 16.5. The maximum atomic E-state index is 14.9. The molecule has 328 valence electrons. The molecule has 6 heterocycles. The standard InChI is InChI=1S/C54H58N6O4/c1-9-12-23-60-53(62)49-35(8)45-27-46-39(11-3)32(5)43(56-46)26-47-41(30-64-29-38-16-13-15-36(24-38)14-10-2)34(7)42(57-47)25-44-33(6)40(51(58-44)50(54(60)63)52(49)59-45)21-22-48(61)55-28-37-19-17-31(4)18-20-37/h13,15-20,24-27,33,40,58-59H,9,11-12,21-23,28-30H2,1-8H3,(H,55,61)/t33?,40-/m0/s1. The van der Waals surface area contributed by atoms with Gasteiger partial charge in [0.15, 0.2) is 0 Å². The zero-order valence-corrected chi connectivity index (χ0v) is 38.3. The molecule has 4 aliphatic heterocycles. The number of benzene rings is 2. The van der Waals surface area contributed by atoms with E-state index >= 15 is 0 Å². The maximum Gasteiger partial charge on any atom is 0.264 e. The molecule has 4 aromatic rings. The quantitative estimate of drug-likeness (QED) is 0.0906. The fourth-order valence-electron chi connectivity index (χ4n) is 9.34. The predicted octanol–water partition coefficient (Wildman–Crippen LogP) is 10.9. The van der Waals surface area contributed by atoms with E-state index in [-0.39, 0.29) is 36.0 Å². The highest BCUT2D eigenvalue weighted by Crippen LogP contribution is 2.45. The van der Waals surface area contributed by atoms with Crippen molar-refractivity contribution in [2.45, 2.75) is 112 Å². The number of carbonyl (C=O) groups is 3. The number of imide groups is 1. The van der Waals surface area contributed by atoms with Gasteiger partial charge in [0.2, 0.25) is 5.91 Å². The topological polar surface area (TPSA) is 133 Å². The second kappa shape index (κ2) is 18.6. The Labute approximate surface area is 376 Å². The predicted molar refractivity (Wildman–Crippen MR) is 255 cm³/mol. The monoisotopic (exact) mass is 854 g/mol. The van der Waals surface area contributed by atoms with Crippen molar-refractivity contribution < 1.29 is 19.1 Å². The zero-order valence-electron chi connectivity index (χ0n) is 38.3. The van der Waals surface area contributed by atoms with Crippen LogP contribution in [0.1, 0.15) is 168 Å². The Kier molecular flexibility index (Phi) is 12.8. The fraction of sp³-hybridized carbons (Fsp3) is 0.352. The Morgan fingerprint density at radius 1 is 0.828 bits per heavy atom. The molecule has 3 N–H and O–H groups in total. The van der Waals surface area contributed by atoms with Gasteiger partial charge >= 0.3 is 0 Å². The molecule has 0 spiro atoms. The molecule has 10 heteroatoms. The van der Waals surface area contributed by atoms with Crippen molar-refractivity contribution in [3.63, 3.8) is 0 Å². The van der Waals surface area contributed by atoms with E-state index in [1.54, 1.807) is 0 Å². The Morgan fingerprint density at radius 3 is 2.28 bits per heavy atom. The van der Waals surface area contributed by atoms with E-state index in [0.717, 1.165) is 96.9 Å². The summed E-state index contributed by atoms with van der Waals surface area (Å²) in [7, 11) is 0. The molecule has 0 saturated heterocycles. The maximum absolute atomic E-state index is 14.9. The molecular weight excluding hydrogens is 797 g/mol. The minimum atomic E-state index is -0.338. The van der Waals surface area contributed by atoms with Crippen molar-refractivity contribution in [1.82, 2.24) is 30.2 Å². The first kappa shape index (κ1) is 44.1.